The zero-order chi connectivity index (χ0) is 22.2. The number of hydrogen-bond donors (Lipinski definition) is 0. The number of rotatable bonds is 13. The van der Waals surface area contributed by atoms with E-state index in [2.05, 4.69) is 74.1 Å². The van der Waals surface area contributed by atoms with Crippen LogP contribution in [-0.2, 0) is 15.8 Å². The normalized spacial score (nSPS) is 14.5. The molecule has 0 amide bonds. The van der Waals surface area contributed by atoms with Crippen LogP contribution < -0.4 is 4.74 Å². The second kappa shape index (κ2) is 11.9. The zero-order valence-corrected chi connectivity index (χ0v) is 21.2. The van der Waals surface area contributed by atoms with E-state index in [1.54, 1.807) is 7.11 Å². The molecule has 0 saturated heterocycles. The van der Waals surface area contributed by atoms with Gasteiger partial charge < -0.3 is 13.9 Å². The number of methoxy groups -OCH3 is 1. The highest BCUT2D eigenvalue weighted by molar-refractivity contribution is 6.77. The summed E-state index contributed by atoms with van der Waals surface area (Å²) < 4.78 is 18.4. The van der Waals surface area contributed by atoms with E-state index in [1.165, 1.54) is 5.57 Å². The molecule has 0 aromatic heterocycles. The Bertz CT molecular complexity index is 585. The van der Waals surface area contributed by atoms with Gasteiger partial charge in [-0.25, -0.2) is 0 Å². The van der Waals surface area contributed by atoms with Gasteiger partial charge >= 0.3 is 0 Å². The van der Waals surface area contributed by atoms with E-state index >= 15 is 0 Å². The van der Waals surface area contributed by atoms with E-state index in [0.29, 0.717) is 35.8 Å². The molecule has 1 rings (SSSR count). The third kappa shape index (κ3) is 7.27. The Morgan fingerprint density at radius 2 is 1.45 bits per heavy atom. The molecule has 1 aromatic rings. The Labute approximate surface area is 181 Å². The summed E-state index contributed by atoms with van der Waals surface area (Å²) in [6.07, 6.45) is 1.05. The lowest BCUT2D eigenvalue weighted by molar-refractivity contribution is 0.0325. The van der Waals surface area contributed by atoms with Crippen LogP contribution in [-0.4, -0.2) is 28.1 Å². The Morgan fingerprint density at radius 1 is 0.931 bits per heavy atom. The van der Waals surface area contributed by atoms with Crippen LogP contribution in [0.4, 0.5) is 0 Å². The molecule has 0 saturated carbocycles. The van der Waals surface area contributed by atoms with Crippen molar-refractivity contribution in [2.24, 2.45) is 5.92 Å². The molecule has 0 aliphatic rings. The van der Waals surface area contributed by atoms with Gasteiger partial charge in [-0.2, -0.15) is 0 Å². The quantitative estimate of drug-likeness (QED) is 0.246. The highest BCUT2D eigenvalue weighted by Gasteiger charge is 2.47. The first-order valence-corrected chi connectivity index (χ1v) is 13.2. The fourth-order valence-corrected chi connectivity index (χ4v) is 10.2. The summed E-state index contributed by atoms with van der Waals surface area (Å²) in [6.45, 7) is 23.9. The standard InChI is InChI=1S/C25H44O3Si/c1-18(2)15-25(28-29(19(3)4,20(5)6)21(7)8)22(9)16-27-17-23-11-13-24(26-10)14-12-23/h11-14,19-22,25H,1,15-17H2,2-10H3/t22-,25-/m1/s1. The maximum atomic E-state index is 7.11. The van der Waals surface area contributed by atoms with Gasteiger partial charge in [0.2, 0.25) is 8.32 Å². The van der Waals surface area contributed by atoms with Crippen LogP contribution in [0.1, 0.15) is 67.4 Å². The van der Waals surface area contributed by atoms with E-state index in [9.17, 15) is 0 Å². The SMILES string of the molecule is C=C(C)C[C@@H](O[Si](C(C)C)(C(C)C)C(C)C)[C@H](C)COCc1ccc(OC)cc1. The summed E-state index contributed by atoms with van der Waals surface area (Å²) in [7, 11) is -0.260. The van der Waals surface area contributed by atoms with Crippen molar-refractivity contribution in [3.63, 3.8) is 0 Å². The van der Waals surface area contributed by atoms with Crippen molar-refractivity contribution < 1.29 is 13.9 Å². The highest BCUT2D eigenvalue weighted by atomic mass is 28.4. The van der Waals surface area contributed by atoms with Crippen LogP contribution in [0, 0.1) is 5.92 Å². The molecule has 4 heteroatoms. The van der Waals surface area contributed by atoms with Crippen LogP contribution in [0.15, 0.2) is 36.4 Å². The van der Waals surface area contributed by atoms with Gasteiger partial charge in [0, 0.05) is 5.92 Å². The van der Waals surface area contributed by atoms with Gasteiger partial charge in [-0.3, -0.25) is 0 Å². The molecule has 29 heavy (non-hydrogen) atoms. The van der Waals surface area contributed by atoms with Crippen molar-refractivity contribution in [2.75, 3.05) is 13.7 Å². The van der Waals surface area contributed by atoms with Gasteiger partial charge in [-0.05, 0) is 47.7 Å². The molecule has 2 atom stereocenters. The molecule has 0 radical (unpaired) electrons. The number of benzene rings is 1. The first kappa shape index (κ1) is 25.9. The fraction of sp³-hybridized carbons (Fsp3) is 0.680. The highest BCUT2D eigenvalue weighted by Crippen LogP contribution is 2.44. The molecule has 0 aliphatic carbocycles. The average molecular weight is 421 g/mol. The molecule has 166 valence electrons. The lowest BCUT2D eigenvalue weighted by Crippen LogP contribution is -2.51. The molecule has 0 unspecified atom stereocenters. The Morgan fingerprint density at radius 3 is 1.86 bits per heavy atom. The van der Waals surface area contributed by atoms with Gasteiger partial charge in [0.25, 0.3) is 0 Å². The van der Waals surface area contributed by atoms with Crippen molar-refractivity contribution in [3.05, 3.63) is 42.0 Å². The predicted molar refractivity (Wildman–Crippen MR) is 127 cm³/mol. The van der Waals surface area contributed by atoms with Crippen molar-refractivity contribution in [1.82, 2.24) is 0 Å². The molecule has 3 nitrogen and oxygen atoms in total. The zero-order valence-electron chi connectivity index (χ0n) is 20.2. The van der Waals surface area contributed by atoms with E-state index in [0.717, 1.165) is 17.7 Å². The molecule has 1 aromatic carbocycles. The van der Waals surface area contributed by atoms with Gasteiger partial charge in [-0.1, -0.05) is 66.2 Å². The smallest absolute Gasteiger partial charge is 0.200 e. The third-order valence-electron chi connectivity index (χ3n) is 6.06. The molecular weight excluding hydrogens is 376 g/mol. The van der Waals surface area contributed by atoms with E-state index < -0.39 is 8.32 Å². The van der Waals surface area contributed by atoms with Crippen LogP contribution in [0.5, 0.6) is 5.75 Å². The van der Waals surface area contributed by atoms with Crippen LogP contribution in [0.2, 0.25) is 16.6 Å². The molecule has 0 heterocycles. The lowest BCUT2D eigenvalue weighted by Gasteiger charge is -2.46. The maximum Gasteiger partial charge on any atom is 0.200 e. The van der Waals surface area contributed by atoms with E-state index in [1.807, 2.05) is 12.1 Å². The first-order valence-electron chi connectivity index (χ1n) is 11.1. The summed E-state index contributed by atoms with van der Waals surface area (Å²) in [5.41, 5.74) is 4.05. The minimum absolute atomic E-state index is 0.155. The molecule has 0 bridgehead atoms. The average Bonchev–Trinajstić information content (AvgIpc) is 2.64. The van der Waals surface area contributed by atoms with Crippen LogP contribution in [0.3, 0.4) is 0 Å². The maximum absolute atomic E-state index is 7.11. The molecule has 0 aliphatic heterocycles. The largest absolute Gasteiger partial charge is 0.497 e. The van der Waals surface area contributed by atoms with Gasteiger partial charge in [0.15, 0.2) is 0 Å². The topological polar surface area (TPSA) is 27.7 Å². The minimum Gasteiger partial charge on any atom is -0.497 e. The van der Waals surface area contributed by atoms with Crippen LogP contribution >= 0.6 is 0 Å². The van der Waals surface area contributed by atoms with E-state index in [-0.39, 0.29) is 6.10 Å². The van der Waals surface area contributed by atoms with E-state index in [4.69, 9.17) is 13.9 Å². The molecule has 0 spiro atoms. The third-order valence-corrected chi connectivity index (χ3v) is 12.2. The second-order valence-corrected chi connectivity index (χ2v) is 14.9. The van der Waals surface area contributed by atoms with Crippen molar-refractivity contribution in [3.8, 4) is 5.75 Å². The number of hydrogen-bond acceptors (Lipinski definition) is 3. The summed E-state index contributed by atoms with van der Waals surface area (Å²) in [5.74, 6) is 1.18. The molecule has 0 N–H and O–H groups in total. The van der Waals surface area contributed by atoms with Crippen molar-refractivity contribution in [2.45, 2.75) is 91.1 Å². The Balaban J connectivity index is 2.85. The molecule has 0 fully saturated rings. The lowest BCUT2D eigenvalue weighted by atomic mass is 10.00. The second-order valence-electron chi connectivity index (χ2n) is 9.48. The van der Waals surface area contributed by atoms with Crippen LogP contribution in [0.25, 0.3) is 0 Å². The van der Waals surface area contributed by atoms with Gasteiger partial charge in [0.1, 0.15) is 5.75 Å². The summed E-state index contributed by atoms with van der Waals surface area (Å²) in [5, 5.41) is 0. The fourth-order valence-electron chi connectivity index (χ4n) is 4.56. The summed E-state index contributed by atoms with van der Waals surface area (Å²) in [4.78, 5) is 0. The van der Waals surface area contributed by atoms with Gasteiger partial charge in [0.05, 0.1) is 26.4 Å². The predicted octanol–water partition coefficient (Wildman–Crippen LogP) is 7.37. The van der Waals surface area contributed by atoms with Crippen molar-refractivity contribution in [1.29, 1.82) is 0 Å². The monoisotopic (exact) mass is 420 g/mol. The van der Waals surface area contributed by atoms with Gasteiger partial charge in [-0.15, -0.1) is 6.58 Å². The Hall–Kier alpha value is -1.10. The Kier molecular flexibility index (Phi) is 10.7. The minimum atomic E-state index is -1.94. The van der Waals surface area contributed by atoms with Crippen molar-refractivity contribution >= 4 is 8.32 Å². The molecular formula is C25H44O3Si. The summed E-state index contributed by atoms with van der Waals surface area (Å²) >= 11 is 0. The first-order chi connectivity index (χ1) is 13.5. The number of ether oxygens (including phenoxy) is 2. The summed E-state index contributed by atoms with van der Waals surface area (Å²) in [6, 6.07) is 8.06.